The van der Waals surface area contributed by atoms with E-state index in [1.54, 1.807) is 19.2 Å². The molecule has 0 atom stereocenters. The highest BCUT2D eigenvalue weighted by Crippen LogP contribution is 2.47. The second kappa shape index (κ2) is 9.39. The fourth-order valence-corrected chi connectivity index (χ4v) is 4.84. The van der Waals surface area contributed by atoms with E-state index in [-0.39, 0.29) is 22.7 Å². The summed E-state index contributed by atoms with van der Waals surface area (Å²) in [5.74, 6) is 0.608. The van der Waals surface area contributed by atoms with Crippen molar-refractivity contribution in [3.63, 3.8) is 0 Å². The molecule has 0 aliphatic heterocycles. The van der Waals surface area contributed by atoms with E-state index in [2.05, 4.69) is 15.6 Å². The smallest absolute Gasteiger partial charge is 0.191 e. The van der Waals surface area contributed by atoms with E-state index in [1.807, 2.05) is 36.4 Å². The van der Waals surface area contributed by atoms with Crippen LogP contribution in [0.5, 0.6) is 0 Å². The Kier molecular flexibility index (Phi) is 6.90. The van der Waals surface area contributed by atoms with Gasteiger partial charge in [0.15, 0.2) is 15.8 Å². The maximum absolute atomic E-state index is 13.5. The van der Waals surface area contributed by atoms with Gasteiger partial charge in [0.1, 0.15) is 5.82 Å². The third-order valence-electron chi connectivity index (χ3n) is 5.26. The van der Waals surface area contributed by atoms with E-state index >= 15 is 0 Å². The molecule has 2 aromatic carbocycles. The summed E-state index contributed by atoms with van der Waals surface area (Å²) in [6.07, 6.45) is 2.53. The van der Waals surface area contributed by atoms with Gasteiger partial charge >= 0.3 is 0 Å². The molecule has 1 saturated carbocycles. The van der Waals surface area contributed by atoms with E-state index in [4.69, 9.17) is 0 Å². The van der Waals surface area contributed by atoms with Crippen LogP contribution in [0.1, 0.15) is 30.4 Å². The molecule has 0 aromatic heterocycles. The number of benzene rings is 2. The van der Waals surface area contributed by atoms with Gasteiger partial charge in [-0.2, -0.15) is 0 Å². The first-order valence-corrected chi connectivity index (χ1v) is 11.7. The fraction of sp³-hybridized carbons (Fsp3) is 0.409. The van der Waals surface area contributed by atoms with E-state index < -0.39 is 9.84 Å². The maximum Gasteiger partial charge on any atom is 0.191 e. The summed E-state index contributed by atoms with van der Waals surface area (Å²) >= 11 is 0. The Morgan fingerprint density at radius 3 is 2.52 bits per heavy atom. The van der Waals surface area contributed by atoms with Crippen LogP contribution in [0.2, 0.25) is 0 Å². The first kappa shape index (κ1) is 21.3. The topological polar surface area (TPSA) is 70.6 Å². The van der Waals surface area contributed by atoms with Crippen molar-refractivity contribution in [3.05, 3.63) is 71.5 Å². The quantitative estimate of drug-likeness (QED) is 0.374. The molecule has 2 aromatic rings. The number of hydrogen-bond donors (Lipinski definition) is 2. The van der Waals surface area contributed by atoms with E-state index in [9.17, 15) is 12.8 Å². The molecule has 156 valence electrons. The second-order valence-electron chi connectivity index (χ2n) is 7.57. The number of nitrogens with zero attached hydrogens (tertiary/aromatic N) is 1. The van der Waals surface area contributed by atoms with Gasteiger partial charge in [0, 0.05) is 25.6 Å². The van der Waals surface area contributed by atoms with Gasteiger partial charge in [-0.3, -0.25) is 4.99 Å². The Labute approximate surface area is 172 Å². The van der Waals surface area contributed by atoms with Crippen molar-refractivity contribution in [2.75, 3.05) is 25.9 Å². The van der Waals surface area contributed by atoms with Crippen LogP contribution in [0.3, 0.4) is 0 Å². The monoisotopic (exact) mass is 417 g/mol. The molecule has 29 heavy (non-hydrogen) atoms. The Morgan fingerprint density at radius 2 is 1.86 bits per heavy atom. The fourth-order valence-electron chi connectivity index (χ4n) is 3.41. The highest BCUT2D eigenvalue weighted by Gasteiger charge is 2.44. The van der Waals surface area contributed by atoms with E-state index in [0.717, 1.165) is 24.0 Å². The average Bonchev–Trinajstić information content (AvgIpc) is 3.49. The Balaban J connectivity index is 1.42. The van der Waals surface area contributed by atoms with Crippen molar-refractivity contribution in [2.24, 2.45) is 4.99 Å². The van der Waals surface area contributed by atoms with Crippen molar-refractivity contribution in [2.45, 2.75) is 30.4 Å². The predicted octanol–water partition coefficient (Wildman–Crippen LogP) is 3.03. The molecule has 1 aliphatic rings. The summed E-state index contributed by atoms with van der Waals surface area (Å²) < 4.78 is 38.0. The molecule has 0 spiro atoms. The molecule has 1 fully saturated rings. The highest BCUT2D eigenvalue weighted by molar-refractivity contribution is 7.90. The van der Waals surface area contributed by atoms with E-state index in [0.29, 0.717) is 25.5 Å². The maximum atomic E-state index is 13.5. The van der Waals surface area contributed by atoms with Gasteiger partial charge in [-0.1, -0.05) is 42.5 Å². The summed E-state index contributed by atoms with van der Waals surface area (Å²) in [6.45, 7) is 1.18. The molecule has 3 rings (SSSR count). The van der Waals surface area contributed by atoms with Gasteiger partial charge in [-0.15, -0.1) is 0 Å². The van der Waals surface area contributed by atoms with E-state index in [1.165, 1.54) is 6.07 Å². The number of nitrogens with one attached hydrogen (secondary N) is 2. The number of rotatable bonds is 9. The molecule has 0 heterocycles. The third-order valence-corrected chi connectivity index (χ3v) is 6.95. The molecule has 0 unspecified atom stereocenters. The van der Waals surface area contributed by atoms with Gasteiger partial charge in [0.05, 0.1) is 11.5 Å². The van der Waals surface area contributed by atoms with Crippen LogP contribution in [0.25, 0.3) is 0 Å². The number of sulfone groups is 1. The number of aliphatic imine (C=N–C) groups is 1. The van der Waals surface area contributed by atoms with Gasteiger partial charge in [0.2, 0.25) is 0 Å². The van der Waals surface area contributed by atoms with Crippen molar-refractivity contribution < 1.29 is 12.8 Å². The van der Waals surface area contributed by atoms with Crippen molar-refractivity contribution in [1.29, 1.82) is 0 Å². The normalized spacial score (nSPS) is 15.7. The van der Waals surface area contributed by atoms with Gasteiger partial charge in [0.25, 0.3) is 0 Å². The van der Waals surface area contributed by atoms with Crippen LogP contribution in [0.4, 0.5) is 4.39 Å². The molecule has 0 radical (unpaired) electrons. The summed E-state index contributed by atoms with van der Waals surface area (Å²) in [5.41, 5.74) is 1.77. The average molecular weight is 418 g/mol. The second-order valence-corrected chi connectivity index (χ2v) is 9.76. The lowest BCUT2D eigenvalue weighted by Gasteiger charge is -2.19. The molecule has 7 heteroatoms. The van der Waals surface area contributed by atoms with Gasteiger partial charge in [-0.25, -0.2) is 12.8 Å². The zero-order valence-electron chi connectivity index (χ0n) is 16.7. The predicted molar refractivity (Wildman–Crippen MR) is 115 cm³/mol. The Bertz CT molecular complexity index is 942. The number of guanidine groups is 1. The van der Waals surface area contributed by atoms with Gasteiger partial charge < -0.3 is 10.6 Å². The molecule has 0 amide bonds. The number of hydrogen-bond acceptors (Lipinski definition) is 3. The van der Waals surface area contributed by atoms with Crippen LogP contribution in [-0.4, -0.2) is 40.3 Å². The van der Waals surface area contributed by atoms with Crippen LogP contribution < -0.4 is 10.6 Å². The van der Waals surface area contributed by atoms with Gasteiger partial charge in [-0.05, 0) is 42.5 Å². The van der Waals surface area contributed by atoms with Crippen molar-refractivity contribution in [3.8, 4) is 0 Å². The molecule has 0 bridgehead atoms. The minimum atomic E-state index is -3.14. The Hall–Kier alpha value is -2.41. The highest BCUT2D eigenvalue weighted by atomic mass is 32.2. The molecule has 2 N–H and O–H groups in total. The molecule has 0 saturated heterocycles. The lowest BCUT2D eigenvalue weighted by atomic mass is 9.96. The van der Waals surface area contributed by atoms with Crippen molar-refractivity contribution in [1.82, 2.24) is 10.6 Å². The summed E-state index contributed by atoms with van der Waals surface area (Å²) in [4.78, 5) is 4.20. The zero-order valence-corrected chi connectivity index (χ0v) is 17.5. The Morgan fingerprint density at radius 1 is 1.10 bits per heavy atom. The van der Waals surface area contributed by atoms with Crippen LogP contribution in [0, 0.1) is 5.82 Å². The van der Waals surface area contributed by atoms with Crippen molar-refractivity contribution >= 4 is 15.8 Å². The number of halogens is 1. The minimum absolute atomic E-state index is 0.0429. The summed E-state index contributed by atoms with van der Waals surface area (Å²) in [6, 6.07) is 16.0. The molecular weight excluding hydrogens is 389 g/mol. The summed E-state index contributed by atoms with van der Waals surface area (Å²) in [5, 5.41) is 6.46. The van der Waals surface area contributed by atoms with Crippen LogP contribution >= 0.6 is 0 Å². The SMILES string of the molecule is CN=C(NCCCS(=O)(=O)Cc1ccccc1)NCC1(c2cccc(F)c2)CC1. The molecular formula is C22H28FN3O2S. The molecule has 5 nitrogen and oxygen atoms in total. The lowest BCUT2D eigenvalue weighted by molar-refractivity contribution is 0.590. The molecule has 1 aliphatic carbocycles. The minimum Gasteiger partial charge on any atom is -0.356 e. The third kappa shape index (κ3) is 6.29. The zero-order chi connectivity index (χ0) is 20.7. The first-order chi connectivity index (χ1) is 13.9. The summed E-state index contributed by atoms with van der Waals surface area (Å²) in [7, 11) is -1.46. The lowest BCUT2D eigenvalue weighted by Crippen LogP contribution is -2.41. The van der Waals surface area contributed by atoms with Crippen LogP contribution in [0.15, 0.2) is 59.6 Å². The first-order valence-electron chi connectivity index (χ1n) is 9.87. The standard InChI is InChI=1S/C22H28FN3O2S/c1-24-21(26-17-22(11-12-22)19-9-5-10-20(23)15-19)25-13-6-14-29(27,28)16-18-7-3-2-4-8-18/h2-5,7-10,15H,6,11-14,16-17H2,1H3,(H2,24,25,26). The largest absolute Gasteiger partial charge is 0.356 e. The van der Waals surface area contributed by atoms with Crippen LogP contribution in [-0.2, 0) is 21.0 Å².